The van der Waals surface area contributed by atoms with Crippen molar-refractivity contribution in [2.45, 2.75) is 6.42 Å². The van der Waals surface area contributed by atoms with E-state index < -0.39 is 0 Å². The smallest absolute Gasteiger partial charge is 0.224 e. The minimum Gasteiger partial charge on any atom is -0.493 e. The molecule has 1 radical (unpaired) electrons. The Hall–Kier alpha value is -4.07. The van der Waals surface area contributed by atoms with Gasteiger partial charge in [0.05, 0.1) is 26.3 Å². The quantitative estimate of drug-likeness (QED) is 0.481. The summed E-state index contributed by atoms with van der Waals surface area (Å²) in [6.07, 6.45) is 5.70. The van der Waals surface area contributed by atoms with Crippen molar-refractivity contribution in [3.8, 4) is 22.8 Å². The second kappa shape index (κ2) is 8.74. The number of rotatable bonds is 7. The molecule has 8 nitrogen and oxygen atoms in total. The average molecular weight is 416 g/mol. The third-order valence-corrected chi connectivity index (χ3v) is 4.88. The number of hydrogen-bond acceptors (Lipinski definition) is 6. The molecule has 31 heavy (non-hydrogen) atoms. The molecule has 2 N–H and O–H groups in total. The van der Waals surface area contributed by atoms with Crippen LogP contribution in [0.4, 0.5) is 11.5 Å². The van der Waals surface area contributed by atoms with Crippen LogP contribution in [0, 0.1) is 6.07 Å². The van der Waals surface area contributed by atoms with E-state index in [1.54, 1.807) is 33.5 Å². The van der Waals surface area contributed by atoms with Gasteiger partial charge in [-0.1, -0.05) is 12.1 Å². The SMILES string of the molecule is CNC(=O)Cc1cc[c]cc1-c1cn2ccnc2c(Nc2ccc(OC)c(OC)c2)n1. The van der Waals surface area contributed by atoms with Gasteiger partial charge >= 0.3 is 0 Å². The largest absolute Gasteiger partial charge is 0.493 e. The van der Waals surface area contributed by atoms with E-state index in [9.17, 15) is 4.79 Å². The molecular weight excluding hydrogens is 394 g/mol. The lowest BCUT2D eigenvalue weighted by atomic mass is 10.0. The molecule has 4 rings (SSSR count). The first kappa shape index (κ1) is 20.2. The topological polar surface area (TPSA) is 89.8 Å². The first-order valence-corrected chi connectivity index (χ1v) is 9.65. The summed E-state index contributed by atoms with van der Waals surface area (Å²) in [5.41, 5.74) is 3.84. The maximum Gasteiger partial charge on any atom is 0.224 e. The molecule has 0 saturated carbocycles. The lowest BCUT2D eigenvalue weighted by Crippen LogP contribution is -2.20. The molecular formula is C23H22N5O3. The van der Waals surface area contributed by atoms with Crippen LogP contribution in [0.3, 0.4) is 0 Å². The van der Waals surface area contributed by atoms with Gasteiger partial charge in [0.2, 0.25) is 5.91 Å². The van der Waals surface area contributed by atoms with Crippen LogP contribution in [0.5, 0.6) is 11.5 Å². The van der Waals surface area contributed by atoms with Crippen molar-refractivity contribution in [1.82, 2.24) is 19.7 Å². The van der Waals surface area contributed by atoms with Crippen molar-refractivity contribution in [2.75, 3.05) is 26.6 Å². The van der Waals surface area contributed by atoms with Gasteiger partial charge in [-0.15, -0.1) is 0 Å². The van der Waals surface area contributed by atoms with Gasteiger partial charge in [-0.2, -0.15) is 0 Å². The van der Waals surface area contributed by atoms with Crippen LogP contribution in [0.25, 0.3) is 16.9 Å². The molecule has 0 aliphatic heterocycles. The zero-order chi connectivity index (χ0) is 21.8. The summed E-state index contributed by atoms with van der Waals surface area (Å²) in [4.78, 5) is 21.2. The number of ether oxygens (including phenoxy) is 2. The molecule has 0 fully saturated rings. The van der Waals surface area contributed by atoms with E-state index >= 15 is 0 Å². The fourth-order valence-corrected chi connectivity index (χ4v) is 3.31. The average Bonchev–Trinajstić information content (AvgIpc) is 3.28. The Morgan fingerprint density at radius 1 is 1.19 bits per heavy atom. The summed E-state index contributed by atoms with van der Waals surface area (Å²) in [5.74, 6) is 1.75. The number of imidazole rings is 1. The highest BCUT2D eigenvalue weighted by Crippen LogP contribution is 2.32. The minimum absolute atomic E-state index is 0.0696. The number of nitrogens with one attached hydrogen (secondary N) is 2. The molecule has 0 saturated heterocycles. The van der Waals surface area contributed by atoms with Gasteiger partial charge in [-0.3, -0.25) is 4.79 Å². The number of aromatic nitrogens is 3. The van der Waals surface area contributed by atoms with Crippen LogP contribution in [-0.4, -0.2) is 41.5 Å². The molecule has 157 valence electrons. The summed E-state index contributed by atoms with van der Waals surface area (Å²) < 4.78 is 12.6. The Bertz CT molecular complexity index is 1240. The van der Waals surface area contributed by atoms with E-state index in [1.165, 1.54) is 0 Å². The Balaban J connectivity index is 1.77. The Kier molecular flexibility index (Phi) is 5.70. The number of methoxy groups -OCH3 is 2. The van der Waals surface area contributed by atoms with Crippen molar-refractivity contribution in [2.24, 2.45) is 0 Å². The molecule has 0 atom stereocenters. The number of carbonyl (C=O) groups is 1. The highest BCUT2D eigenvalue weighted by molar-refractivity contribution is 5.82. The van der Waals surface area contributed by atoms with Crippen molar-refractivity contribution >= 4 is 23.1 Å². The van der Waals surface area contributed by atoms with E-state index in [0.29, 0.717) is 28.7 Å². The fraction of sp³-hybridized carbons (Fsp3) is 0.174. The molecule has 0 aliphatic rings. The van der Waals surface area contributed by atoms with Gasteiger partial charge in [0.15, 0.2) is 23.0 Å². The number of benzene rings is 2. The van der Waals surface area contributed by atoms with Crippen molar-refractivity contribution in [1.29, 1.82) is 0 Å². The number of likely N-dealkylation sites (N-methyl/N-ethyl adjacent to an activating group) is 1. The van der Waals surface area contributed by atoms with E-state index in [2.05, 4.69) is 21.7 Å². The van der Waals surface area contributed by atoms with Gasteiger partial charge in [-0.25, -0.2) is 9.97 Å². The fourth-order valence-electron chi connectivity index (χ4n) is 3.31. The van der Waals surface area contributed by atoms with Crippen LogP contribution in [-0.2, 0) is 11.2 Å². The maximum absolute atomic E-state index is 12.0. The van der Waals surface area contributed by atoms with Crippen LogP contribution in [0.1, 0.15) is 5.56 Å². The molecule has 0 spiro atoms. The number of hydrogen-bond donors (Lipinski definition) is 2. The number of anilines is 2. The van der Waals surface area contributed by atoms with Crippen LogP contribution in [0.15, 0.2) is 55.0 Å². The van der Waals surface area contributed by atoms with Crippen molar-refractivity contribution in [3.63, 3.8) is 0 Å². The van der Waals surface area contributed by atoms with E-state index in [-0.39, 0.29) is 12.3 Å². The van der Waals surface area contributed by atoms with Crippen LogP contribution < -0.4 is 20.1 Å². The Morgan fingerprint density at radius 3 is 2.81 bits per heavy atom. The molecule has 2 heterocycles. The molecule has 2 aromatic heterocycles. The van der Waals surface area contributed by atoms with Gasteiger partial charge in [0.25, 0.3) is 0 Å². The van der Waals surface area contributed by atoms with Gasteiger partial charge in [0.1, 0.15) is 0 Å². The number of nitrogens with zero attached hydrogens (tertiary/aromatic N) is 3. The molecule has 2 aromatic carbocycles. The van der Waals surface area contributed by atoms with Gasteiger partial charge in [-0.05, 0) is 29.8 Å². The summed E-state index contributed by atoms with van der Waals surface area (Å²) in [6, 6.07) is 14.1. The first-order valence-electron chi connectivity index (χ1n) is 9.65. The zero-order valence-corrected chi connectivity index (χ0v) is 17.5. The number of fused-ring (bicyclic) bond motifs is 1. The third-order valence-electron chi connectivity index (χ3n) is 4.88. The number of carbonyl (C=O) groups excluding carboxylic acids is 1. The highest BCUT2D eigenvalue weighted by Gasteiger charge is 2.14. The monoisotopic (exact) mass is 416 g/mol. The van der Waals surface area contributed by atoms with Crippen molar-refractivity contribution < 1.29 is 14.3 Å². The minimum atomic E-state index is -0.0696. The van der Waals surface area contributed by atoms with Gasteiger partial charge < -0.3 is 24.5 Å². The van der Waals surface area contributed by atoms with Crippen LogP contribution >= 0.6 is 0 Å². The third kappa shape index (κ3) is 4.13. The van der Waals surface area contributed by atoms with E-state index in [4.69, 9.17) is 14.5 Å². The second-order valence-corrected chi connectivity index (χ2v) is 6.76. The summed E-state index contributed by atoms with van der Waals surface area (Å²) >= 11 is 0. The molecule has 8 heteroatoms. The predicted molar refractivity (Wildman–Crippen MR) is 118 cm³/mol. The highest BCUT2D eigenvalue weighted by atomic mass is 16.5. The standard InChI is InChI=1S/C23H22N5O3/c1-24-21(29)12-15-6-4-5-7-17(15)18-14-28-11-10-25-23(28)22(27-18)26-16-8-9-19(30-2)20(13-16)31-3/h4,6-11,13-14H,12H2,1-3H3,(H,24,29)(H,26,27). The van der Waals surface area contributed by atoms with Gasteiger partial charge in [0, 0.05) is 43.0 Å². The Labute approximate surface area is 179 Å². The molecule has 4 aromatic rings. The van der Waals surface area contributed by atoms with Crippen LogP contribution in [0.2, 0.25) is 0 Å². The molecule has 0 unspecified atom stereocenters. The first-order chi connectivity index (χ1) is 15.1. The lowest BCUT2D eigenvalue weighted by molar-refractivity contribution is -0.119. The van der Waals surface area contributed by atoms with E-state index in [0.717, 1.165) is 16.8 Å². The molecule has 0 aliphatic carbocycles. The summed E-state index contributed by atoms with van der Waals surface area (Å²) in [7, 11) is 4.81. The summed E-state index contributed by atoms with van der Waals surface area (Å²) in [6.45, 7) is 0. The van der Waals surface area contributed by atoms with E-state index in [1.807, 2.05) is 47.1 Å². The Morgan fingerprint density at radius 2 is 2.03 bits per heavy atom. The van der Waals surface area contributed by atoms with Crippen molar-refractivity contribution in [3.05, 3.63) is 66.6 Å². The normalized spacial score (nSPS) is 10.7. The zero-order valence-electron chi connectivity index (χ0n) is 17.5. The number of amides is 1. The molecule has 1 amide bonds. The maximum atomic E-state index is 12.0. The second-order valence-electron chi connectivity index (χ2n) is 6.76. The lowest BCUT2D eigenvalue weighted by Gasteiger charge is -2.14. The molecule has 0 bridgehead atoms. The predicted octanol–water partition coefficient (Wildman–Crippen LogP) is 3.25. The summed E-state index contributed by atoms with van der Waals surface area (Å²) in [5, 5.41) is 5.98.